The van der Waals surface area contributed by atoms with Gasteiger partial charge >= 0.3 is 16.2 Å². The molecule has 0 radical (unpaired) electrons. The van der Waals surface area contributed by atoms with Crippen LogP contribution < -0.4 is 14.8 Å². The van der Waals surface area contributed by atoms with Crippen molar-refractivity contribution in [1.82, 2.24) is 0 Å². The summed E-state index contributed by atoms with van der Waals surface area (Å²) < 4.78 is 73.4. The van der Waals surface area contributed by atoms with Crippen molar-refractivity contribution in [2.24, 2.45) is 0 Å². The topological polar surface area (TPSA) is 64.6 Å². The van der Waals surface area contributed by atoms with Crippen LogP contribution in [0.25, 0.3) is 6.08 Å². The summed E-state index contributed by atoms with van der Waals surface area (Å²) in [7, 11) is -8.40. The highest BCUT2D eigenvalue weighted by Crippen LogP contribution is 3.02. The van der Waals surface area contributed by atoms with Gasteiger partial charge in [0.2, 0.25) is 5.91 Å². The fourth-order valence-corrected chi connectivity index (χ4v) is 2.83. The maximum atomic E-state index is 12.7. The number of methoxy groups -OCH3 is 1. The molecule has 0 unspecified atom stereocenters. The molecule has 0 bridgehead atoms. The molecule has 29 heavy (non-hydrogen) atoms. The van der Waals surface area contributed by atoms with Gasteiger partial charge in [-0.1, -0.05) is 25.5 Å². The van der Waals surface area contributed by atoms with Gasteiger partial charge in [-0.05, 0) is 48.0 Å². The number of anilines is 1. The van der Waals surface area contributed by atoms with Crippen LogP contribution in [0.15, 0.2) is 53.4 Å². The van der Waals surface area contributed by atoms with Crippen LogP contribution in [0.2, 0.25) is 0 Å². The van der Waals surface area contributed by atoms with Gasteiger partial charge in [-0.25, -0.2) is 0 Å². The highest BCUT2D eigenvalue weighted by Gasteiger charge is 2.65. The van der Waals surface area contributed by atoms with Crippen LogP contribution in [-0.4, -0.2) is 19.0 Å². The summed E-state index contributed by atoms with van der Waals surface area (Å²) >= 11 is 0. The van der Waals surface area contributed by atoms with Crippen molar-refractivity contribution in [3.05, 3.63) is 54.1 Å². The molecule has 0 aliphatic carbocycles. The molecule has 1 N–H and O–H groups in total. The number of hydrogen-bond donors (Lipinski definition) is 1. The van der Waals surface area contributed by atoms with Gasteiger partial charge in [0.25, 0.3) is 0 Å². The van der Waals surface area contributed by atoms with Crippen molar-refractivity contribution < 1.29 is 38.5 Å². The maximum Gasteiger partial charge on any atom is 0.310 e. The Balaban J connectivity index is 2.09. The van der Waals surface area contributed by atoms with Crippen molar-refractivity contribution in [3.63, 3.8) is 0 Å². The van der Waals surface area contributed by atoms with E-state index in [0.717, 1.165) is 18.2 Å². The van der Waals surface area contributed by atoms with Crippen LogP contribution in [0.4, 0.5) is 25.1 Å². The van der Waals surface area contributed by atoms with E-state index in [1.807, 2.05) is 0 Å². The lowest BCUT2D eigenvalue weighted by Crippen LogP contribution is -2.09. The summed E-state index contributed by atoms with van der Waals surface area (Å²) in [6.45, 7) is 1.22. The molecular weight excluding hydrogens is 421 g/mol. The largest absolute Gasteiger partial charge is 0.493 e. The van der Waals surface area contributed by atoms with Crippen LogP contribution in [0.3, 0.4) is 0 Å². The fraction of sp³-hybridized carbons (Fsp3) is 0.111. The van der Waals surface area contributed by atoms with E-state index in [1.54, 1.807) is 0 Å². The van der Waals surface area contributed by atoms with Crippen LogP contribution in [0.5, 0.6) is 11.5 Å². The molecule has 0 aliphatic rings. The minimum absolute atomic E-state index is 0.0898. The number of hydrogen-bond acceptors (Lipinski definition) is 4. The molecule has 0 spiro atoms. The second-order valence-electron chi connectivity index (χ2n) is 5.82. The highest BCUT2D eigenvalue weighted by molar-refractivity contribution is 8.45. The van der Waals surface area contributed by atoms with Gasteiger partial charge in [0.1, 0.15) is 4.90 Å². The second kappa shape index (κ2) is 7.07. The van der Waals surface area contributed by atoms with Crippen molar-refractivity contribution in [3.8, 4) is 11.5 Å². The molecular formula is C18H16F5NO4S. The maximum absolute atomic E-state index is 12.7. The van der Waals surface area contributed by atoms with Gasteiger partial charge in [-0.3, -0.25) is 9.59 Å². The molecule has 0 aromatic heterocycles. The first-order chi connectivity index (χ1) is 13.2. The van der Waals surface area contributed by atoms with E-state index >= 15 is 0 Å². The SMILES string of the molecule is COc1cc(/C=C/C(=O)Nc2ccc(S(F)(F)(F)(F)F)cc2)ccc1OC(C)=O. The number of halogens is 5. The quantitative estimate of drug-likeness (QED) is 0.263. The van der Waals surface area contributed by atoms with E-state index < -0.39 is 27.0 Å². The third-order valence-corrected chi connectivity index (χ3v) is 4.60. The van der Waals surface area contributed by atoms with Gasteiger partial charge in [0, 0.05) is 18.7 Å². The Kier molecular flexibility index (Phi) is 5.41. The molecule has 0 atom stereocenters. The van der Waals surface area contributed by atoms with Crippen LogP contribution in [0.1, 0.15) is 12.5 Å². The number of esters is 1. The van der Waals surface area contributed by atoms with Gasteiger partial charge in [0.05, 0.1) is 7.11 Å². The molecule has 2 rings (SSSR count). The number of rotatable bonds is 6. The lowest BCUT2D eigenvalue weighted by atomic mass is 10.2. The summed E-state index contributed by atoms with van der Waals surface area (Å²) in [6.07, 6.45) is 2.46. The number of benzene rings is 2. The minimum atomic E-state index is -9.76. The molecule has 0 fully saturated rings. The molecule has 0 saturated carbocycles. The van der Waals surface area contributed by atoms with Crippen molar-refractivity contribution >= 4 is 33.9 Å². The molecule has 0 aliphatic heterocycles. The molecule has 5 nitrogen and oxygen atoms in total. The fourth-order valence-electron chi connectivity index (χ4n) is 2.18. The summed E-state index contributed by atoms with van der Waals surface area (Å²) in [4.78, 5) is 20.9. The van der Waals surface area contributed by atoms with Crippen LogP contribution in [0, 0.1) is 0 Å². The number of carbonyl (C=O) groups is 2. The molecule has 0 saturated heterocycles. The van der Waals surface area contributed by atoms with Gasteiger partial charge in [0.15, 0.2) is 11.5 Å². The van der Waals surface area contributed by atoms with Gasteiger partial charge in [-0.15, -0.1) is 0 Å². The third kappa shape index (κ3) is 6.49. The molecule has 11 heteroatoms. The average Bonchev–Trinajstić information content (AvgIpc) is 2.59. The summed E-state index contributed by atoms with van der Waals surface area (Å²) in [6, 6.07) is 6.36. The standard InChI is InChI=1S/C18H16F5NO4S/c1-12(25)28-16-9-3-13(11-17(16)27-2)4-10-18(26)24-14-5-7-15(8-6-14)29(19,20,21,22)23/h3-11H,1-2H3,(H,24,26)/b10-4+. The Morgan fingerprint density at radius 1 is 0.966 bits per heavy atom. The van der Waals surface area contributed by atoms with Crippen molar-refractivity contribution in [2.45, 2.75) is 11.8 Å². The Morgan fingerprint density at radius 2 is 1.59 bits per heavy atom. The highest BCUT2D eigenvalue weighted by atomic mass is 32.5. The molecule has 158 valence electrons. The predicted molar refractivity (Wildman–Crippen MR) is 99.8 cm³/mol. The summed E-state index contributed by atoms with van der Waals surface area (Å²) in [5, 5.41) is 2.26. The zero-order valence-corrected chi connectivity index (χ0v) is 15.9. The van der Waals surface area contributed by atoms with E-state index in [4.69, 9.17) is 9.47 Å². The monoisotopic (exact) mass is 437 g/mol. The normalized spacial score (nSPS) is 14.0. The number of amides is 1. The van der Waals surface area contributed by atoms with Crippen molar-refractivity contribution in [2.75, 3.05) is 12.4 Å². The van der Waals surface area contributed by atoms with Crippen LogP contribution in [-0.2, 0) is 9.59 Å². The second-order valence-corrected chi connectivity index (χ2v) is 8.23. The summed E-state index contributed by atoms with van der Waals surface area (Å²) in [5.74, 6) is -0.810. The van der Waals surface area contributed by atoms with Gasteiger partial charge in [-0.2, -0.15) is 0 Å². The van der Waals surface area contributed by atoms with E-state index in [9.17, 15) is 29.0 Å². The molecule has 2 aromatic rings. The van der Waals surface area contributed by atoms with Crippen molar-refractivity contribution in [1.29, 1.82) is 0 Å². The minimum Gasteiger partial charge on any atom is -0.493 e. The molecule has 0 heterocycles. The van der Waals surface area contributed by atoms with E-state index in [0.29, 0.717) is 5.56 Å². The number of carbonyl (C=O) groups excluding carboxylic acids is 2. The number of ether oxygens (including phenoxy) is 2. The third-order valence-electron chi connectivity index (χ3n) is 3.44. The first-order valence-electron chi connectivity index (χ1n) is 7.87. The lowest BCUT2D eigenvalue weighted by Gasteiger charge is -2.40. The predicted octanol–water partition coefficient (Wildman–Crippen LogP) is 5.93. The molecule has 2 aromatic carbocycles. The smallest absolute Gasteiger partial charge is 0.310 e. The Labute approximate surface area is 162 Å². The van der Waals surface area contributed by atoms with E-state index in [2.05, 4.69) is 5.32 Å². The summed E-state index contributed by atoms with van der Waals surface area (Å²) in [5.41, 5.74) is 0.414. The first-order valence-corrected chi connectivity index (χ1v) is 9.83. The zero-order valence-electron chi connectivity index (χ0n) is 15.1. The average molecular weight is 437 g/mol. The van der Waals surface area contributed by atoms with E-state index in [-0.39, 0.29) is 29.3 Å². The zero-order chi connectivity index (χ0) is 21.9. The lowest BCUT2D eigenvalue weighted by molar-refractivity contribution is -0.132. The number of nitrogens with one attached hydrogen (secondary N) is 1. The Bertz CT molecular complexity index is 973. The Morgan fingerprint density at radius 3 is 2.10 bits per heavy atom. The molecule has 1 amide bonds. The van der Waals surface area contributed by atoms with E-state index in [1.165, 1.54) is 38.3 Å². The van der Waals surface area contributed by atoms with Crippen LogP contribution >= 0.6 is 10.2 Å². The Hall–Kier alpha value is -3.08. The van der Waals surface area contributed by atoms with Gasteiger partial charge < -0.3 is 14.8 Å². The first kappa shape index (κ1) is 22.2.